The van der Waals surface area contributed by atoms with E-state index in [0.29, 0.717) is 18.7 Å². The van der Waals surface area contributed by atoms with Gasteiger partial charge in [0.25, 0.3) is 5.91 Å². The number of hydrogen-bond acceptors (Lipinski definition) is 5. The van der Waals surface area contributed by atoms with Gasteiger partial charge in [0.15, 0.2) is 0 Å². The third-order valence-corrected chi connectivity index (χ3v) is 4.64. The quantitative estimate of drug-likeness (QED) is 0.881. The molecule has 0 spiro atoms. The highest BCUT2D eigenvalue weighted by Crippen LogP contribution is 2.24. The second-order valence-corrected chi connectivity index (χ2v) is 6.18. The first kappa shape index (κ1) is 16.5. The van der Waals surface area contributed by atoms with Gasteiger partial charge in [-0.15, -0.1) is 0 Å². The summed E-state index contributed by atoms with van der Waals surface area (Å²) in [6.45, 7) is 5.04. The first-order chi connectivity index (χ1) is 11.6. The molecule has 2 heterocycles. The van der Waals surface area contributed by atoms with E-state index in [-0.39, 0.29) is 18.6 Å². The summed E-state index contributed by atoms with van der Waals surface area (Å²) in [6, 6.07) is 7.41. The van der Waals surface area contributed by atoms with Crippen LogP contribution in [0.5, 0.6) is 0 Å². The first-order valence-corrected chi connectivity index (χ1v) is 8.28. The molecule has 24 heavy (non-hydrogen) atoms. The van der Waals surface area contributed by atoms with Gasteiger partial charge in [-0.05, 0) is 38.8 Å². The Hall–Kier alpha value is -2.34. The largest absolute Gasteiger partial charge is 0.394 e. The van der Waals surface area contributed by atoms with Crippen molar-refractivity contribution in [3.63, 3.8) is 0 Å². The average Bonchev–Trinajstić information content (AvgIpc) is 3.20. The molecular formula is C18H23N3O3. The summed E-state index contributed by atoms with van der Waals surface area (Å²) in [7, 11) is 0. The topological polar surface area (TPSA) is 78.6 Å². The number of aliphatic hydroxyl groups excluding tert-OH is 1. The zero-order valence-electron chi connectivity index (χ0n) is 14.1. The monoisotopic (exact) mass is 329 g/mol. The highest BCUT2D eigenvalue weighted by atomic mass is 16.5. The lowest BCUT2D eigenvalue weighted by molar-refractivity contribution is 0.0678. The number of para-hydroxylation sites is 1. The number of likely N-dealkylation sites (tertiary alicyclic amines) is 1. The van der Waals surface area contributed by atoms with E-state index < -0.39 is 0 Å². The molecule has 1 aromatic carbocycles. The molecule has 1 aliphatic heterocycles. The average molecular weight is 329 g/mol. The van der Waals surface area contributed by atoms with Gasteiger partial charge >= 0.3 is 0 Å². The van der Waals surface area contributed by atoms with Crippen LogP contribution in [0.1, 0.15) is 40.2 Å². The highest BCUT2D eigenvalue weighted by Gasteiger charge is 2.29. The van der Waals surface area contributed by atoms with Crippen LogP contribution in [-0.4, -0.2) is 40.3 Å². The maximum Gasteiger partial charge on any atom is 0.256 e. The summed E-state index contributed by atoms with van der Waals surface area (Å²) >= 11 is 0. The number of carbonyl (C=O) groups excluding carboxylic acids is 1. The zero-order chi connectivity index (χ0) is 17.1. The minimum Gasteiger partial charge on any atom is -0.394 e. The molecule has 0 bridgehead atoms. The van der Waals surface area contributed by atoms with E-state index in [1.807, 2.05) is 38.1 Å². The van der Waals surface area contributed by atoms with Gasteiger partial charge in [0.1, 0.15) is 5.76 Å². The normalized spacial score (nSPS) is 17.3. The van der Waals surface area contributed by atoms with Gasteiger partial charge in [0.2, 0.25) is 0 Å². The van der Waals surface area contributed by atoms with Crippen LogP contribution in [0.4, 0.5) is 5.69 Å². The molecule has 2 aromatic rings. The SMILES string of the molecule is Cc1noc(C)c1CNc1ccccc1C(=O)N1CCC[C@H]1CO. The molecule has 1 amide bonds. The lowest BCUT2D eigenvalue weighted by Gasteiger charge is -2.24. The molecular weight excluding hydrogens is 306 g/mol. The fourth-order valence-corrected chi connectivity index (χ4v) is 3.21. The van der Waals surface area contributed by atoms with Crippen LogP contribution in [0.25, 0.3) is 0 Å². The third kappa shape index (κ3) is 3.14. The third-order valence-electron chi connectivity index (χ3n) is 4.64. The lowest BCUT2D eigenvalue weighted by atomic mass is 10.1. The smallest absolute Gasteiger partial charge is 0.256 e. The summed E-state index contributed by atoms with van der Waals surface area (Å²) in [5.74, 6) is 0.747. The minimum atomic E-state index is -0.0758. The van der Waals surface area contributed by atoms with Crippen LogP contribution < -0.4 is 5.32 Å². The fraction of sp³-hybridized carbons (Fsp3) is 0.444. The number of benzene rings is 1. The molecule has 0 saturated carbocycles. The summed E-state index contributed by atoms with van der Waals surface area (Å²) in [4.78, 5) is 14.7. The molecule has 1 fully saturated rings. The van der Waals surface area contributed by atoms with E-state index in [0.717, 1.165) is 35.5 Å². The molecule has 6 nitrogen and oxygen atoms in total. The van der Waals surface area contributed by atoms with Gasteiger partial charge in [-0.3, -0.25) is 4.79 Å². The summed E-state index contributed by atoms with van der Waals surface area (Å²) in [6.07, 6.45) is 1.79. The van der Waals surface area contributed by atoms with Crippen LogP contribution in [0.2, 0.25) is 0 Å². The fourth-order valence-electron chi connectivity index (χ4n) is 3.21. The Bertz CT molecular complexity index is 707. The van der Waals surface area contributed by atoms with Crippen molar-refractivity contribution in [3.05, 3.63) is 46.8 Å². The second-order valence-electron chi connectivity index (χ2n) is 6.18. The molecule has 0 aliphatic carbocycles. The Kier molecular flexibility index (Phi) is 4.85. The van der Waals surface area contributed by atoms with Crippen molar-refractivity contribution in [2.24, 2.45) is 0 Å². The molecule has 2 N–H and O–H groups in total. The summed E-state index contributed by atoms with van der Waals surface area (Å²) in [5, 5.41) is 16.7. The lowest BCUT2D eigenvalue weighted by Crippen LogP contribution is -2.37. The first-order valence-electron chi connectivity index (χ1n) is 8.28. The van der Waals surface area contributed by atoms with Crippen molar-refractivity contribution in [2.45, 2.75) is 39.3 Å². The number of aromatic nitrogens is 1. The van der Waals surface area contributed by atoms with E-state index in [2.05, 4.69) is 10.5 Å². The summed E-state index contributed by atoms with van der Waals surface area (Å²) < 4.78 is 5.18. The number of aliphatic hydroxyl groups is 1. The predicted molar refractivity (Wildman–Crippen MR) is 90.9 cm³/mol. The summed E-state index contributed by atoms with van der Waals surface area (Å²) in [5.41, 5.74) is 3.27. The number of rotatable bonds is 5. The standard InChI is InChI=1S/C18H23N3O3/c1-12-16(13(2)24-20-12)10-19-17-8-4-3-7-15(17)18(23)21-9-5-6-14(21)11-22/h3-4,7-8,14,19,22H,5-6,9-11H2,1-2H3/t14-/m0/s1. The molecule has 1 aromatic heterocycles. The Morgan fingerprint density at radius 3 is 2.92 bits per heavy atom. The van der Waals surface area contributed by atoms with Crippen LogP contribution in [0, 0.1) is 13.8 Å². The van der Waals surface area contributed by atoms with E-state index in [9.17, 15) is 9.90 Å². The second kappa shape index (κ2) is 7.05. The van der Waals surface area contributed by atoms with Gasteiger partial charge < -0.3 is 19.8 Å². The zero-order valence-corrected chi connectivity index (χ0v) is 14.1. The number of aryl methyl sites for hydroxylation is 2. The van der Waals surface area contributed by atoms with Gasteiger partial charge in [0.05, 0.1) is 23.9 Å². The van der Waals surface area contributed by atoms with Crippen molar-refractivity contribution in [3.8, 4) is 0 Å². The number of amides is 1. The number of nitrogens with one attached hydrogen (secondary N) is 1. The maximum atomic E-state index is 12.9. The van der Waals surface area contributed by atoms with Crippen molar-refractivity contribution in [2.75, 3.05) is 18.5 Å². The predicted octanol–water partition coefficient (Wildman–Crippen LogP) is 2.50. The van der Waals surface area contributed by atoms with E-state index in [1.54, 1.807) is 4.90 Å². The van der Waals surface area contributed by atoms with E-state index in [1.165, 1.54) is 0 Å². The van der Waals surface area contributed by atoms with Crippen molar-refractivity contribution >= 4 is 11.6 Å². The Morgan fingerprint density at radius 1 is 1.42 bits per heavy atom. The minimum absolute atomic E-state index is 0.0143. The van der Waals surface area contributed by atoms with Gasteiger partial charge in [0, 0.05) is 24.3 Å². The Morgan fingerprint density at radius 2 is 2.21 bits per heavy atom. The van der Waals surface area contributed by atoms with Gasteiger partial charge in [-0.2, -0.15) is 0 Å². The molecule has 0 unspecified atom stereocenters. The van der Waals surface area contributed by atoms with Gasteiger partial charge in [-0.1, -0.05) is 17.3 Å². The van der Waals surface area contributed by atoms with E-state index in [4.69, 9.17) is 4.52 Å². The Balaban J connectivity index is 1.79. The number of hydrogen-bond donors (Lipinski definition) is 2. The van der Waals surface area contributed by atoms with Crippen LogP contribution in [-0.2, 0) is 6.54 Å². The molecule has 6 heteroatoms. The number of nitrogens with zero attached hydrogens (tertiary/aromatic N) is 2. The van der Waals surface area contributed by atoms with Crippen molar-refractivity contribution in [1.29, 1.82) is 0 Å². The molecule has 3 rings (SSSR count). The highest BCUT2D eigenvalue weighted by molar-refractivity contribution is 6.00. The van der Waals surface area contributed by atoms with Crippen LogP contribution >= 0.6 is 0 Å². The molecule has 1 aliphatic rings. The van der Waals surface area contributed by atoms with Gasteiger partial charge in [-0.25, -0.2) is 0 Å². The molecule has 1 saturated heterocycles. The molecule has 0 radical (unpaired) electrons. The maximum absolute atomic E-state index is 12.9. The van der Waals surface area contributed by atoms with Crippen molar-refractivity contribution in [1.82, 2.24) is 10.1 Å². The number of carbonyl (C=O) groups is 1. The molecule has 128 valence electrons. The van der Waals surface area contributed by atoms with E-state index >= 15 is 0 Å². The van der Waals surface area contributed by atoms with Crippen LogP contribution in [0.15, 0.2) is 28.8 Å². The van der Waals surface area contributed by atoms with Crippen molar-refractivity contribution < 1.29 is 14.4 Å². The van der Waals surface area contributed by atoms with Crippen LogP contribution in [0.3, 0.4) is 0 Å². The number of anilines is 1. The Labute approximate surface area is 141 Å². The molecule has 1 atom stereocenters.